The van der Waals surface area contributed by atoms with Gasteiger partial charge in [-0.3, -0.25) is 13.9 Å². The van der Waals surface area contributed by atoms with Crippen LogP contribution in [0.5, 0.6) is 5.75 Å². The van der Waals surface area contributed by atoms with Gasteiger partial charge in [0.05, 0.1) is 27.7 Å². The Balaban J connectivity index is 1.80. The molecule has 0 fully saturated rings. The number of nitrogens with zero attached hydrogens (tertiary/aromatic N) is 2. The van der Waals surface area contributed by atoms with Gasteiger partial charge in [-0.1, -0.05) is 83.9 Å². The SMILES string of the molecule is CNC(=O)[C@H](Cc1ccccc1)N(Cc1cccc(OC)c1)C(=O)CN(c1ccc(Cl)c(Cl)c1)S(=O)(=O)c1ccccc1. The molecule has 1 atom stereocenters. The molecule has 0 radical (unpaired) electrons. The van der Waals surface area contributed by atoms with Crippen molar-refractivity contribution in [1.29, 1.82) is 0 Å². The van der Waals surface area contributed by atoms with Crippen molar-refractivity contribution in [3.8, 4) is 5.75 Å². The van der Waals surface area contributed by atoms with Gasteiger partial charge in [0.15, 0.2) is 0 Å². The van der Waals surface area contributed by atoms with Crippen molar-refractivity contribution in [2.24, 2.45) is 0 Å². The molecule has 4 rings (SSSR count). The van der Waals surface area contributed by atoms with Crippen LogP contribution in [0.3, 0.4) is 0 Å². The van der Waals surface area contributed by atoms with Gasteiger partial charge in [0.1, 0.15) is 18.3 Å². The molecule has 1 N–H and O–H groups in total. The van der Waals surface area contributed by atoms with Crippen LogP contribution in [0.1, 0.15) is 11.1 Å². The van der Waals surface area contributed by atoms with Crippen molar-refractivity contribution in [3.63, 3.8) is 0 Å². The molecule has 4 aromatic rings. The van der Waals surface area contributed by atoms with Gasteiger partial charge >= 0.3 is 0 Å². The number of halogens is 2. The first-order valence-corrected chi connectivity index (χ1v) is 15.5. The van der Waals surface area contributed by atoms with Gasteiger partial charge in [0, 0.05) is 20.0 Å². The molecular weight excluding hydrogens is 609 g/mol. The normalized spacial score (nSPS) is 11.8. The zero-order chi connectivity index (χ0) is 31.0. The van der Waals surface area contributed by atoms with E-state index in [9.17, 15) is 18.0 Å². The minimum absolute atomic E-state index is 0.0136. The molecule has 0 aliphatic carbocycles. The number of amides is 2. The second-order valence-electron chi connectivity index (χ2n) is 9.62. The largest absolute Gasteiger partial charge is 0.497 e. The number of sulfonamides is 1. The lowest BCUT2D eigenvalue weighted by atomic mass is 10.0. The molecule has 0 spiro atoms. The summed E-state index contributed by atoms with van der Waals surface area (Å²) in [7, 11) is -1.21. The van der Waals surface area contributed by atoms with E-state index in [1.807, 2.05) is 36.4 Å². The third kappa shape index (κ3) is 7.87. The molecule has 4 aromatic carbocycles. The van der Waals surface area contributed by atoms with Crippen LogP contribution in [0, 0.1) is 0 Å². The maximum atomic E-state index is 14.3. The number of ether oxygens (including phenoxy) is 1. The van der Waals surface area contributed by atoms with Gasteiger partial charge < -0.3 is 15.0 Å². The fourth-order valence-electron chi connectivity index (χ4n) is 4.58. The fourth-order valence-corrected chi connectivity index (χ4v) is 6.30. The number of rotatable bonds is 12. The Kier molecular flexibility index (Phi) is 10.7. The topological polar surface area (TPSA) is 96.0 Å². The highest BCUT2D eigenvalue weighted by atomic mass is 35.5. The van der Waals surface area contributed by atoms with E-state index in [2.05, 4.69) is 5.32 Å². The van der Waals surface area contributed by atoms with Crippen molar-refractivity contribution < 1.29 is 22.7 Å². The minimum Gasteiger partial charge on any atom is -0.497 e. The second-order valence-corrected chi connectivity index (χ2v) is 12.3. The standard InChI is InChI=1S/C32H31Cl2N3O5S/c1-35-32(39)30(19-23-10-5-3-6-11-23)36(21-24-12-9-13-26(18-24)42-2)31(38)22-37(25-16-17-28(33)29(34)20-25)43(40,41)27-14-7-4-8-15-27/h3-18,20,30H,19,21-22H2,1-2H3,(H,35,39)/t30-/m0/s1. The molecule has 2 amide bonds. The number of methoxy groups -OCH3 is 1. The van der Waals surface area contributed by atoms with Gasteiger partial charge in [0.2, 0.25) is 11.8 Å². The van der Waals surface area contributed by atoms with E-state index >= 15 is 0 Å². The lowest BCUT2D eigenvalue weighted by molar-refractivity contribution is -0.139. The predicted octanol–water partition coefficient (Wildman–Crippen LogP) is 5.58. The number of likely N-dealkylation sites (N-methyl/N-ethyl adjacent to an activating group) is 1. The Morgan fingerprint density at radius 1 is 0.837 bits per heavy atom. The molecular formula is C32H31Cl2N3O5S. The maximum absolute atomic E-state index is 14.3. The van der Waals surface area contributed by atoms with Crippen LogP contribution in [-0.2, 0) is 32.6 Å². The zero-order valence-electron chi connectivity index (χ0n) is 23.6. The Labute approximate surface area is 261 Å². The van der Waals surface area contributed by atoms with Crippen molar-refractivity contribution >= 4 is 50.7 Å². The molecule has 0 aliphatic rings. The minimum atomic E-state index is -4.24. The van der Waals surface area contributed by atoms with Gasteiger partial charge in [-0.05, 0) is 53.6 Å². The summed E-state index contributed by atoms with van der Waals surface area (Å²) >= 11 is 12.4. The van der Waals surface area contributed by atoms with Crippen LogP contribution in [-0.4, -0.2) is 51.9 Å². The van der Waals surface area contributed by atoms with E-state index in [0.717, 1.165) is 9.87 Å². The molecule has 8 nitrogen and oxygen atoms in total. The van der Waals surface area contributed by atoms with Crippen LogP contribution in [0.4, 0.5) is 5.69 Å². The summed E-state index contributed by atoms with van der Waals surface area (Å²) in [5.74, 6) is -0.418. The van der Waals surface area contributed by atoms with Gasteiger partial charge in [0.25, 0.3) is 10.0 Å². The van der Waals surface area contributed by atoms with Crippen LogP contribution in [0.25, 0.3) is 0 Å². The summed E-state index contributed by atoms with van der Waals surface area (Å²) in [5.41, 5.74) is 1.67. The number of hydrogen-bond acceptors (Lipinski definition) is 5. The Morgan fingerprint density at radius 2 is 1.49 bits per heavy atom. The lowest BCUT2D eigenvalue weighted by Crippen LogP contribution is -2.53. The lowest BCUT2D eigenvalue weighted by Gasteiger charge is -2.33. The molecule has 0 saturated heterocycles. The van der Waals surface area contributed by atoms with Crippen LogP contribution < -0.4 is 14.4 Å². The smallest absolute Gasteiger partial charge is 0.264 e. The summed E-state index contributed by atoms with van der Waals surface area (Å²) < 4.78 is 34.3. The third-order valence-corrected chi connectivity index (χ3v) is 9.33. The van der Waals surface area contributed by atoms with Gasteiger partial charge in [-0.25, -0.2) is 8.42 Å². The quantitative estimate of drug-likeness (QED) is 0.218. The van der Waals surface area contributed by atoms with Gasteiger partial charge in [-0.2, -0.15) is 0 Å². The van der Waals surface area contributed by atoms with Crippen LogP contribution >= 0.6 is 23.2 Å². The van der Waals surface area contributed by atoms with E-state index in [-0.39, 0.29) is 33.6 Å². The number of anilines is 1. The van der Waals surface area contributed by atoms with E-state index in [0.29, 0.717) is 11.3 Å². The van der Waals surface area contributed by atoms with Crippen molar-refractivity contribution in [2.75, 3.05) is 25.0 Å². The highest BCUT2D eigenvalue weighted by Crippen LogP contribution is 2.31. The van der Waals surface area contributed by atoms with Crippen LogP contribution in [0.15, 0.2) is 108 Å². The third-order valence-electron chi connectivity index (χ3n) is 6.81. The monoisotopic (exact) mass is 639 g/mol. The first-order valence-electron chi connectivity index (χ1n) is 13.3. The fraction of sp³-hybridized carbons (Fsp3) is 0.188. The summed E-state index contributed by atoms with van der Waals surface area (Å²) in [6.07, 6.45) is 0.203. The van der Waals surface area contributed by atoms with E-state index in [4.69, 9.17) is 27.9 Å². The molecule has 0 saturated carbocycles. The number of carbonyl (C=O) groups excluding carboxylic acids is 2. The molecule has 0 aliphatic heterocycles. The molecule has 11 heteroatoms. The first-order chi connectivity index (χ1) is 20.6. The first kappa shape index (κ1) is 31.9. The van der Waals surface area contributed by atoms with Crippen molar-refractivity contribution in [2.45, 2.75) is 23.9 Å². The maximum Gasteiger partial charge on any atom is 0.264 e. The Hall–Kier alpha value is -4.05. The summed E-state index contributed by atoms with van der Waals surface area (Å²) in [6, 6.07) is 27.6. The van der Waals surface area contributed by atoms with E-state index in [1.165, 1.54) is 49.4 Å². The summed E-state index contributed by atoms with van der Waals surface area (Å²) in [6.45, 7) is -0.594. The number of nitrogens with one attached hydrogen (secondary N) is 1. The Bertz CT molecular complexity index is 1670. The molecule has 43 heavy (non-hydrogen) atoms. The number of carbonyl (C=O) groups is 2. The van der Waals surface area contributed by atoms with E-state index in [1.54, 1.807) is 36.4 Å². The van der Waals surface area contributed by atoms with Gasteiger partial charge in [-0.15, -0.1) is 0 Å². The molecule has 224 valence electrons. The zero-order valence-corrected chi connectivity index (χ0v) is 25.9. The average molecular weight is 641 g/mol. The van der Waals surface area contributed by atoms with Crippen LogP contribution in [0.2, 0.25) is 10.0 Å². The number of benzene rings is 4. The highest BCUT2D eigenvalue weighted by Gasteiger charge is 2.34. The van der Waals surface area contributed by atoms with Crippen molar-refractivity contribution in [3.05, 3.63) is 124 Å². The summed E-state index contributed by atoms with van der Waals surface area (Å²) in [5, 5.41) is 3.02. The Morgan fingerprint density at radius 3 is 2.12 bits per heavy atom. The highest BCUT2D eigenvalue weighted by molar-refractivity contribution is 7.92. The average Bonchev–Trinajstić information content (AvgIpc) is 3.03. The number of hydrogen-bond donors (Lipinski definition) is 1. The summed E-state index contributed by atoms with van der Waals surface area (Å²) in [4.78, 5) is 29.0. The predicted molar refractivity (Wildman–Crippen MR) is 169 cm³/mol. The van der Waals surface area contributed by atoms with Crippen molar-refractivity contribution in [1.82, 2.24) is 10.2 Å². The second kappa shape index (κ2) is 14.4. The molecule has 0 unspecified atom stereocenters. The molecule has 0 aromatic heterocycles. The molecule has 0 heterocycles. The van der Waals surface area contributed by atoms with E-state index < -0.39 is 34.4 Å². The molecule has 0 bridgehead atoms.